The first-order valence-corrected chi connectivity index (χ1v) is 7.27. The molecule has 0 spiro atoms. The highest BCUT2D eigenvalue weighted by Crippen LogP contribution is 2.33. The van der Waals surface area contributed by atoms with Crippen molar-refractivity contribution in [2.45, 2.75) is 32.4 Å². The number of hydrogen-bond acceptors (Lipinski definition) is 5. The number of hydrogen-bond donors (Lipinski definition) is 2. The molecular formula is C13H23N3OS. The minimum Gasteiger partial charge on any atom is -0.379 e. The van der Waals surface area contributed by atoms with Crippen LogP contribution in [0.4, 0.5) is 0 Å². The molecule has 18 heavy (non-hydrogen) atoms. The van der Waals surface area contributed by atoms with Crippen molar-refractivity contribution in [1.82, 2.24) is 10.3 Å². The van der Waals surface area contributed by atoms with Crippen LogP contribution in [0.1, 0.15) is 30.3 Å². The molecule has 2 heterocycles. The molecule has 1 aromatic heterocycles. The molecule has 0 aromatic carbocycles. The summed E-state index contributed by atoms with van der Waals surface area (Å²) >= 11 is 1.77. The molecule has 1 atom stereocenters. The molecule has 102 valence electrons. The van der Waals surface area contributed by atoms with Crippen molar-refractivity contribution >= 4 is 11.3 Å². The average Bonchev–Trinajstić information content (AvgIpc) is 2.77. The molecule has 1 fully saturated rings. The topological polar surface area (TPSA) is 50.5 Å². The van der Waals surface area contributed by atoms with Gasteiger partial charge in [-0.25, -0.2) is 0 Å². The van der Waals surface area contributed by atoms with E-state index in [0.29, 0.717) is 0 Å². The Bertz CT molecular complexity index is 385. The van der Waals surface area contributed by atoms with E-state index >= 15 is 0 Å². The van der Waals surface area contributed by atoms with Gasteiger partial charge in [0, 0.05) is 23.5 Å². The lowest BCUT2D eigenvalue weighted by molar-refractivity contribution is -0.0238. The first kappa shape index (κ1) is 14.0. The minimum atomic E-state index is -0.0218. The average molecular weight is 269 g/mol. The van der Waals surface area contributed by atoms with E-state index in [4.69, 9.17) is 10.6 Å². The maximum Gasteiger partial charge on any atom is 0.0646 e. The number of nitrogens with zero attached hydrogens (tertiary/aromatic N) is 1. The Hall–Kier alpha value is -0.460. The quantitative estimate of drug-likeness (QED) is 0.645. The molecule has 1 aromatic rings. The summed E-state index contributed by atoms with van der Waals surface area (Å²) in [5, 5.41) is 2.20. The molecule has 1 aliphatic heterocycles. The maximum absolute atomic E-state index is 5.80. The van der Waals surface area contributed by atoms with Crippen LogP contribution in [0.15, 0.2) is 11.4 Å². The van der Waals surface area contributed by atoms with Crippen LogP contribution in [0.5, 0.6) is 0 Å². The highest BCUT2D eigenvalue weighted by molar-refractivity contribution is 7.10. The zero-order chi connectivity index (χ0) is 13.2. The fourth-order valence-corrected chi connectivity index (χ4v) is 3.38. The van der Waals surface area contributed by atoms with E-state index in [2.05, 4.69) is 42.5 Å². The molecule has 0 bridgehead atoms. The van der Waals surface area contributed by atoms with Crippen LogP contribution >= 0.6 is 11.3 Å². The van der Waals surface area contributed by atoms with E-state index in [0.717, 1.165) is 26.3 Å². The number of aryl methyl sites for hydroxylation is 1. The van der Waals surface area contributed by atoms with Crippen molar-refractivity contribution < 1.29 is 4.74 Å². The van der Waals surface area contributed by atoms with Gasteiger partial charge in [0.1, 0.15) is 0 Å². The standard InChI is InChI=1S/C13H23N3OS/c1-10-8-11(9-18-10)12(15-14)13(2,3)16-4-6-17-7-5-16/h8-9,12,15H,4-7,14H2,1-3H3. The lowest BCUT2D eigenvalue weighted by Crippen LogP contribution is -2.57. The molecule has 0 amide bonds. The summed E-state index contributed by atoms with van der Waals surface area (Å²) in [5.74, 6) is 5.80. The summed E-state index contributed by atoms with van der Waals surface area (Å²) in [6.45, 7) is 10.2. The van der Waals surface area contributed by atoms with E-state index in [9.17, 15) is 0 Å². The summed E-state index contributed by atoms with van der Waals surface area (Å²) in [7, 11) is 0. The molecule has 4 nitrogen and oxygen atoms in total. The zero-order valence-electron chi connectivity index (χ0n) is 11.4. The second kappa shape index (κ2) is 5.67. The predicted octanol–water partition coefficient (Wildman–Crippen LogP) is 1.67. The normalized spacial score (nSPS) is 20.0. The van der Waals surface area contributed by atoms with Crippen LogP contribution in [-0.2, 0) is 4.74 Å². The molecule has 0 saturated carbocycles. The summed E-state index contributed by atoms with van der Waals surface area (Å²) in [4.78, 5) is 3.77. The lowest BCUT2D eigenvalue weighted by Gasteiger charge is -2.45. The Morgan fingerprint density at radius 3 is 2.61 bits per heavy atom. The Morgan fingerprint density at radius 2 is 2.11 bits per heavy atom. The molecule has 5 heteroatoms. The van der Waals surface area contributed by atoms with Gasteiger partial charge in [-0.2, -0.15) is 0 Å². The largest absolute Gasteiger partial charge is 0.379 e. The SMILES string of the molecule is Cc1cc(C(NN)C(C)(C)N2CCOCC2)cs1. The van der Waals surface area contributed by atoms with E-state index < -0.39 is 0 Å². The van der Waals surface area contributed by atoms with Crippen molar-refractivity contribution in [3.05, 3.63) is 21.9 Å². The van der Waals surface area contributed by atoms with Crippen molar-refractivity contribution in [3.63, 3.8) is 0 Å². The van der Waals surface area contributed by atoms with Gasteiger partial charge in [0.15, 0.2) is 0 Å². The van der Waals surface area contributed by atoms with Crippen LogP contribution in [0, 0.1) is 6.92 Å². The minimum absolute atomic E-state index is 0.0218. The van der Waals surface area contributed by atoms with Gasteiger partial charge in [-0.1, -0.05) is 0 Å². The van der Waals surface area contributed by atoms with Crippen LogP contribution in [0.2, 0.25) is 0 Å². The van der Waals surface area contributed by atoms with E-state index in [1.165, 1.54) is 10.4 Å². The maximum atomic E-state index is 5.80. The molecule has 1 aliphatic rings. The number of thiophene rings is 1. The van der Waals surface area contributed by atoms with Crippen molar-refractivity contribution in [3.8, 4) is 0 Å². The molecule has 2 rings (SSSR count). The van der Waals surface area contributed by atoms with Crippen molar-refractivity contribution in [1.29, 1.82) is 0 Å². The summed E-state index contributed by atoms with van der Waals surface area (Å²) in [6.07, 6.45) is 0. The van der Waals surface area contributed by atoms with Crippen molar-refractivity contribution in [2.75, 3.05) is 26.3 Å². The number of nitrogens with one attached hydrogen (secondary N) is 1. The van der Waals surface area contributed by atoms with Crippen molar-refractivity contribution in [2.24, 2.45) is 5.84 Å². The summed E-state index contributed by atoms with van der Waals surface area (Å²) in [5.41, 5.74) is 4.25. The molecule has 1 saturated heterocycles. The van der Waals surface area contributed by atoms with Crippen LogP contribution in [0.25, 0.3) is 0 Å². The highest BCUT2D eigenvalue weighted by Gasteiger charge is 2.36. The first-order valence-electron chi connectivity index (χ1n) is 6.39. The highest BCUT2D eigenvalue weighted by atomic mass is 32.1. The van der Waals surface area contributed by atoms with Gasteiger partial charge in [0.05, 0.1) is 19.3 Å². The number of morpholine rings is 1. The van der Waals surface area contributed by atoms with Gasteiger partial charge in [0.2, 0.25) is 0 Å². The molecule has 1 unspecified atom stereocenters. The Labute approximate surface area is 113 Å². The third-order valence-corrected chi connectivity index (χ3v) is 4.66. The van der Waals surface area contributed by atoms with Crippen LogP contribution in [-0.4, -0.2) is 36.7 Å². The lowest BCUT2D eigenvalue weighted by atomic mass is 9.88. The number of nitrogens with two attached hydrogens (primary N) is 1. The fourth-order valence-electron chi connectivity index (χ4n) is 2.65. The van der Waals surface area contributed by atoms with E-state index in [-0.39, 0.29) is 11.6 Å². The Morgan fingerprint density at radius 1 is 1.44 bits per heavy atom. The van der Waals surface area contributed by atoms with E-state index in [1.54, 1.807) is 11.3 Å². The van der Waals surface area contributed by atoms with Crippen LogP contribution in [0.3, 0.4) is 0 Å². The molecule has 3 N–H and O–H groups in total. The van der Waals surface area contributed by atoms with Gasteiger partial charge in [-0.05, 0) is 37.8 Å². The van der Waals surface area contributed by atoms with Crippen LogP contribution < -0.4 is 11.3 Å². The number of ether oxygens (including phenoxy) is 1. The first-order chi connectivity index (χ1) is 8.55. The van der Waals surface area contributed by atoms with Gasteiger partial charge in [0.25, 0.3) is 0 Å². The zero-order valence-corrected chi connectivity index (χ0v) is 12.2. The predicted molar refractivity (Wildman–Crippen MR) is 75.6 cm³/mol. The van der Waals surface area contributed by atoms with Gasteiger partial charge in [-0.3, -0.25) is 16.2 Å². The van der Waals surface area contributed by atoms with E-state index in [1.807, 2.05) is 0 Å². The third kappa shape index (κ3) is 2.75. The monoisotopic (exact) mass is 269 g/mol. The second-order valence-corrected chi connectivity index (χ2v) is 6.46. The molecule has 0 radical (unpaired) electrons. The van der Waals surface area contributed by atoms with Gasteiger partial charge in [-0.15, -0.1) is 11.3 Å². The Balaban J connectivity index is 2.19. The third-order valence-electron chi connectivity index (χ3n) is 3.78. The summed E-state index contributed by atoms with van der Waals surface area (Å²) in [6, 6.07) is 2.36. The smallest absolute Gasteiger partial charge is 0.0646 e. The fraction of sp³-hybridized carbons (Fsp3) is 0.692. The molecule has 0 aliphatic carbocycles. The van der Waals surface area contributed by atoms with Gasteiger partial charge >= 0.3 is 0 Å². The van der Waals surface area contributed by atoms with Gasteiger partial charge < -0.3 is 4.74 Å². The molecular weight excluding hydrogens is 246 g/mol. The summed E-state index contributed by atoms with van der Waals surface area (Å²) < 4.78 is 5.43. The Kier molecular flexibility index (Phi) is 4.40. The number of hydrazine groups is 1. The second-order valence-electron chi connectivity index (χ2n) is 5.34. The number of rotatable bonds is 4.